The van der Waals surface area contributed by atoms with Crippen molar-refractivity contribution in [2.75, 3.05) is 46.8 Å². The Hall–Kier alpha value is -1.12. The summed E-state index contributed by atoms with van der Waals surface area (Å²) in [6.45, 7) is 4.11. The number of piperidine rings is 1. The lowest BCUT2D eigenvalue weighted by molar-refractivity contribution is -0.131. The molecule has 5 nitrogen and oxygen atoms in total. The van der Waals surface area contributed by atoms with Crippen molar-refractivity contribution in [2.24, 2.45) is 5.92 Å². The highest BCUT2D eigenvalue weighted by atomic mass is 16.2. The number of amides is 1. The first-order chi connectivity index (χ1) is 8.67. The van der Waals surface area contributed by atoms with E-state index in [1.54, 1.807) is 11.9 Å². The lowest BCUT2D eigenvalue weighted by atomic mass is 9.97. The van der Waals surface area contributed by atoms with Crippen molar-refractivity contribution < 1.29 is 4.79 Å². The van der Waals surface area contributed by atoms with Gasteiger partial charge < -0.3 is 10.2 Å². The summed E-state index contributed by atoms with van der Waals surface area (Å²) in [5.41, 5.74) is 0. The largest absolute Gasteiger partial charge is 0.344 e. The van der Waals surface area contributed by atoms with Crippen molar-refractivity contribution in [1.82, 2.24) is 15.1 Å². The predicted molar refractivity (Wildman–Crippen MR) is 71.0 cm³/mol. The standard InChI is InChI=1S/C13H24N4O/c1-15-10-12-4-8-17(9-5-12)11-13(18)16(2)7-3-6-14/h12,15H,3-5,7-11H2,1-2H3. The second-order valence-electron chi connectivity index (χ2n) is 5.00. The van der Waals surface area contributed by atoms with Gasteiger partial charge in [0, 0.05) is 13.6 Å². The molecule has 0 atom stereocenters. The molecule has 102 valence electrons. The molecule has 0 aromatic carbocycles. The molecule has 1 heterocycles. The maximum atomic E-state index is 11.9. The van der Waals surface area contributed by atoms with E-state index in [1.807, 2.05) is 7.05 Å². The lowest BCUT2D eigenvalue weighted by Gasteiger charge is -2.32. The van der Waals surface area contributed by atoms with Crippen LogP contribution in [0.3, 0.4) is 0 Å². The molecular weight excluding hydrogens is 228 g/mol. The van der Waals surface area contributed by atoms with Crippen LogP contribution in [-0.2, 0) is 4.79 Å². The third-order valence-electron chi connectivity index (χ3n) is 3.54. The lowest BCUT2D eigenvalue weighted by Crippen LogP contribution is -2.43. The van der Waals surface area contributed by atoms with Gasteiger partial charge in [-0.1, -0.05) is 0 Å². The molecule has 0 unspecified atom stereocenters. The zero-order valence-electron chi connectivity index (χ0n) is 11.5. The van der Waals surface area contributed by atoms with Crippen molar-refractivity contribution in [3.8, 4) is 6.07 Å². The smallest absolute Gasteiger partial charge is 0.236 e. The van der Waals surface area contributed by atoms with Crippen LogP contribution in [0.1, 0.15) is 19.3 Å². The number of hydrogen-bond donors (Lipinski definition) is 1. The second-order valence-corrected chi connectivity index (χ2v) is 5.00. The Kier molecular flexibility index (Phi) is 6.69. The minimum atomic E-state index is 0.123. The van der Waals surface area contributed by atoms with Crippen LogP contribution in [0.15, 0.2) is 0 Å². The summed E-state index contributed by atoms with van der Waals surface area (Å²) < 4.78 is 0. The first kappa shape index (κ1) is 14.9. The summed E-state index contributed by atoms with van der Waals surface area (Å²) in [6, 6.07) is 2.06. The van der Waals surface area contributed by atoms with Crippen LogP contribution in [0.5, 0.6) is 0 Å². The van der Waals surface area contributed by atoms with Gasteiger partial charge in [0.25, 0.3) is 0 Å². The molecule has 0 aromatic rings. The Morgan fingerprint density at radius 3 is 2.72 bits per heavy atom. The van der Waals surface area contributed by atoms with E-state index < -0.39 is 0 Å². The van der Waals surface area contributed by atoms with E-state index in [0.29, 0.717) is 19.5 Å². The Bertz CT molecular complexity index is 292. The number of likely N-dealkylation sites (N-methyl/N-ethyl adjacent to an activating group) is 1. The van der Waals surface area contributed by atoms with Crippen LogP contribution < -0.4 is 5.32 Å². The Balaban J connectivity index is 2.24. The van der Waals surface area contributed by atoms with Gasteiger partial charge in [-0.05, 0) is 45.4 Å². The Morgan fingerprint density at radius 1 is 1.50 bits per heavy atom. The van der Waals surface area contributed by atoms with Crippen molar-refractivity contribution >= 4 is 5.91 Å². The molecule has 0 radical (unpaired) electrons. The number of nitriles is 1. The average Bonchev–Trinajstić information content (AvgIpc) is 2.38. The molecule has 1 aliphatic rings. The van der Waals surface area contributed by atoms with Gasteiger partial charge >= 0.3 is 0 Å². The molecule has 0 spiro atoms. The monoisotopic (exact) mass is 252 g/mol. The maximum absolute atomic E-state index is 11.9. The van der Waals surface area contributed by atoms with Crippen LogP contribution in [0.2, 0.25) is 0 Å². The van der Waals surface area contributed by atoms with Gasteiger partial charge in [-0.2, -0.15) is 5.26 Å². The molecule has 5 heteroatoms. The van der Waals surface area contributed by atoms with Crippen molar-refractivity contribution in [1.29, 1.82) is 5.26 Å². The average molecular weight is 252 g/mol. The van der Waals surface area contributed by atoms with Crippen LogP contribution >= 0.6 is 0 Å². The van der Waals surface area contributed by atoms with Gasteiger partial charge in [0.15, 0.2) is 0 Å². The normalized spacial score (nSPS) is 17.4. The molecule has 0 aliphatic carbocycles. The van der Waals surface area contributed by atoms with E-state index in [-0.39, 0.29) is 5.91 Å². The van der Waals surface area contributed by atoms with Crippen molar-refractivity contribution in [3.63, 3.8) is 0 Å². The zero-order chi connectivity index (χ0) is 13.4. The number of likely N-dealkylation sites (tertiary alicyclic amines) is 1. The SMILES string of the molecule is CNCC1CCN(CC(=O)N(C)CCC#N)CC1. The van der Waals surface area contributed by atoms with Crippen LogP contribution in [-0.4, -0.2) is 62.5 Å². The van der Waals surface area contributed by atoms with Gasteiger partial charge in [-0.3, -0.25) is 9.69 Å². The quantitative estimate of drug-likeness (QED) is 0.738. The van der Waals surface area contributed by atoms with E-state index >= 15 is 0 Å². The molecule has 1 aliphatic heterocycles. The fraction of sp³-hybridized carbons (Fsp3) is 0.846. The van der Waals surface area contributed by atoms with E-state index in [0.717, 1.165) is 38.4 Å². The Labute approximate surface area is 110 Å². The fourth-order valence-electron chi connectivity index (χ4n) is 2.29. The van der Waals surface area contributed by atoms with Gasteiger partial charge in [0.05, 0.1) is 19.0 Å². The first-order valence-electron chi connectivity index (χ1n) is 6.65. The molecule has 0 bridgehead atoms. The molecule has 0 saturated carbocycles. The number of carbonyl (C=O) groups excluding carboxylic acids is 1. The highest BCUT2D eigenvalue weighted by molar-refractivity contribution is 5.78. The summed E-state index contributed by atoms with van der Waals surface area (Å²) in [7, 11) is 3.76. The van der Waals surface area contributed by atoms with Crippen molar-refractivity contribution in [2.45, 2.75) is 19.3 Å². The molecule has 1 fully saturated rings. The molecule has 1 rings (SSSR count). The summed E-state index contributed by atoms with van der Waals surface area (Å²) >= 11 is 0. The van der Waals surface area contributed by atoms with Gasteiger partial charge in [-0.15, -0.1) is 0 Å². The topological polar surface area (TPSA) is 59.4 Å². The number of hydrogen-bond acceptors (Lipinski definition) is 4. The van der Waals surface area contributed by atoms with E-state index in [9.17, 15) is 4.79 Å². The third-order valence-corrected chi connectivity index (χ3v) is 3.54. The zero-order valence-corrected chi connectivity index (χ0v) is 11.5. The summed E-state index contributed by atoms with van der Waals surface area (Å²) in [5.74, 6) is 0.870. The Morgan fingerprint density at radius 2 is 2.17 bits per heavy atom. The van der Waals surface area contributed by atoms with Crippen LogP contribution in [0.4, 0.5) is 0 Å². The first-order valence-corrected chi connectivity index (χ1v) is 6.65. The highest BCUT2D eigenvalue weighted by Gasteiger charge is 2.21. The maximum Gasteiger partial charge on any atom is 0.236 e. The minimum Gasteiger partial charge on any atom is -0.344 e. The third kappa shape index (κ3) is 5.03. The fourth-order valence-corrected chi connectivity index (χ4v) is 2.29. The number of nitrogens with one attached hydrogen (secondary N) is 1. The summed E-state index contributed by atoms with van der Waals surface area (Å²) in [4.78, 5) is 15.8. The molecule has 1 N–H and O–H groups in total. The van der Waals surface area contributed by atoms with Crippen LogP contribution in [0, 0.1) is 17.2 Å². The van der Waals surface area contributed by atoms with Gasteiger partial charge in [0.1, 0.15) is 0 Å². The number of nitrogens with zero attached hydrogens (tertiary/aromatic N) is 3. The molecular formula is C13H24N4O. The van der Waals surface area contributed by atoms with Gasteiger partial charge in [-0.25, -0.2) is 0 Å². The van der Waals surface area contributed by atoms with Gasteiger partial charge in [0.2, 0.25) is 5.91 Å². The molecule has 1 saturated heterocycles. The second kappa shape index (κ2) is 8.06. The highest BCUT2D eigenvalue weighted by Crippen LogP contribution is 2.16. The van der Waals surface area contributed by atoms with E-state index in [1.165, 1.54) is 0 Å². The molecule has 0 aromatic heterocycles. The number of carbonyl (C=O) groups is 1. The van der Waals surface area contributed by atoms with E-state index in [4.69, 9.17) is 5.26 Å². The summed E-state index contributed by atoms with van der Waals surface area (Å²) in [5, 5.41) is 11.7. The summed E-state index contributed by atoms with van der Waals surface area (Å²) in [6.07, 6.45) is 2.73. The van der Waals surface area contributed by atoms with Crippen LogP contribution in [0.25, 0.3) is 0 Å². The molecule has 1 amide bonds. The predicted octanol–water partition coefficient (Wildman–Crippen LogP) is 0.290. The van der Waals surface area contributed by atoms with E-state index in [2.05, 4.69) is 16.3 Å². The number of rotatable bonds is 6. The van der Waals surface area contributed by atoms with Crippen molar-refractivity contribution in [3.05, 3.63) is 0 Å². The minimum absolute atomic E-state index is 0.123. The molecule has 18 heavy (non-hydrogen) atoms.